The number of carbonyl (C=O) groups is 1. The molecular formula is C31H54N4O3. The molecule has 0 radical (unpaired) electrons. The quantitative estimate of drug-likeness (QED) is 0.241. The zero-order chi connectivity index (χ0) is 27.7. The molecule has 3 aliphatic rings. The van der Waals surface area contributed by atoms with Gasteiger partial charge in [0.1, 0.15) is 12.0 Å². The van der Waals surface area contributed by atoms with Gasteiger partial charge in [-0.2, -0.15) is 0 Å². The van der Waals surface area contributed by atoms with Gasteiger partial charge in [-0.05, 0) is 89.2 Å². The summed E-state index contributed by atoms with van der Waals surface area (Å²) in [5.74, 6) is 2.51. The monoisotopic (exact) mass is 530 g/mol. The number of aliphatic hydroxyl groups excluding tert-OH is 1. The van der Waals surface area contributed by atoms with E-state index in [0.717, 1.165) is 90.2 Å². The van der Waals surface area contributed by atoms with E-state index in [4.69, 9.17) is 4.74 Å². The third-order valence-corrected chi connectivity index (χ3v) is 8.76. The van der Waals surface area contributed by atoms with Crippen LogP contribution < -0.4 is 0 Å². The minimum atomic E-state index is -0.468. The molecule has 1 amide bonds. The Morgan fingerprint density at radius 2 is 2.00 bits per heavy atom. The lowest BCUT2D eigenvalue weighted by atomic mass is 9.76. The first-order valence-corrected chi connectivity index (χ1v) is 15.0. The molecule has 5 atom stereocenters. The van der Waals surface area contributed by atoms with Crippen LogP contribution >= 0.6 is 0 Å². The molecule has 1 aliphatic carbocycles. The lowest BCUT2D eigenvalue weighted by Gasteiger charge is -2.32. The molecule has 3 rings (SSSR count). The topological polar surface area (TPSA) is 59.5 Å². The number of fused-ring (bicyclic) bond motifs is 1. The molecule has 2 aliphatic heterocycles. The van der Waals surface area contributed by atoms with E-state index in [-0.39, 0.29) is 11.9 Å². The smallest absolute Gasteiger partial charge is 0.236 e. The number of hydrogen-bond donors (Lipinski definition) is 1. The molecule has 0 saturated carbocycles. The summed E-state index contributed by atoms with van der Waals surface area (Å²) in [6.45, 7) is 16.8. The maximum atomic E-state index is 13.7. The Bertz CT molecular complexity index is 824. The zero-order valence-electron chi connectivity index (χ0n) is 24.8. The van der Waals surface area contributed by atoms with Crippen molar-refractivity contribution in [2.24, 2.45) is 17.8 Å². The van der Waals surface area contributed by atoms with Crippen LogP contribution in [0.4, 0.5) is 0 Å². The minimum absolute atomic E-state index is 0.243. The van der Waals surface area contributed by atoms with Crippen LogP contribution in [0.15, 0.2) is 36.1 Å². The molecule has 7 heteroatoms. The summed E-state index contributed by atoms with van der Waals surface area (Å²) in [6, 6.07) is 0.243. The van der Waals surface area contributed by atoms with Crippen molar-refractivity contribution in [2.45, 2.75) is 71.6 Å². The number of nitrogens with zero attached hydrogens (tertiary/aromatic N) is 4. The Balaban J connectivity index is 1.77. The van der Waals surface area contributed by atoms with Crippen LogP contribution in [-0.4, -0.2) is 109 Å². The zero-order valence-corrected chi connectivity index (χ0v) is 24.8. The molecule has 0 aromatic rings. The molecule has 0 spiro atoms. The second-order valence-corrected chi connectivity index (χ2v) is 11.7. The average Bonchev–Trinajstić information content (AvgIpc) is 3.49. The van der Waals surface area contributed by atoms with E-state index in [9.17, 15) is 9.90 Å². The first-order valence-electron chi connectivity index (χ1n) is 15.0. The number of likely N-dealkylation sites (tertiary alicyclic amines) is 1. The Morgan fingerprint density at radius 1 is 1.24 bits per heavy atom. The van der Waals surface area contributed by atoms with E-state index in [1.54, 1.807) is 0 Å². The highest BCUT2D eigenvalue weighted by atomic mass is 16.5. The Hall–Kier alpha value is -1.67. The Labute approximate surface area is 232 Å². The highest BCUT2D eigenvalue weighted by Crippen LogP contribution is 2.43. The van der Waals surface area contributed by atoms with Crippen molar-refractivity contribution in [3.63, 3.8) is 0 Å². The number of amides is 1. The van der Waals surface area contributed by atoms with Crippen molar-refractivity contribution in [1.82, 2.24) is 19.6 Å². The van der Waals surface area contributed by atoms with Gasteiger partial charge in [0.2, 0.25) is 5.91 Å². The molecule has 2 saturated heterocycles. The van der Waals surface area contributed by atoms with Gasteiger partial charge in [-0.25, -0.2) is 0 Å². The highest BCUT2D eigenvalue weighted by molar-refractivity contribution is 5.78. The standard InChI is InChI=1S/C31H54N4O3/c1-7-10-17-34(18-11-16-32(5)6)31(37)23-35-22-28(25-12-13-30-26(21-25)15-20-38-30)27(8-2)29(35)14-19-33(9-3)24(4)36/h8,13,21,24-25,27-29,36H,2,7,9-12,14-20,22-23H2,1,3-6H3/t24?,25?,27-,28-,29+/m1/s1. The molecule has 216 valence electrons. The second kappa shape index (κ2) is 15.2. The van der Waals surface area contributed by atoms with Crippen LogP contribution in [0.3, 0.4) is 0 Å². The van der Waals surface area contributed by atoms with E-state index < -0.39 is 6.23 Å². The lowest BCUT2D eigenvalue weighted by molar-refractivity contribution is -0.133. The first-order chi connectivity index (χ1) is 18.3. The third kappa shape index (κ3) is 8.17. The van der Waals surface area contributed by atoms with Gasteiger partial charge in [-0.15, -0.1) is 6.58 Å². The fourth-order valence-corrected chi connectivity index (χ4v) is 6.55. The molecule has 1 N–H and O–H groups in total. The lowest BCUT2D eigenvalue weighted by Crippen LogP contribution is -2.45. The van der Waals surface area contributed by atoms with Crippen LogP contribution in [0.1, 0.15) is 59.3 Å². The maximum Gasteiger partial charge on any atom is 0.236 e. The predicted molar refractivity (Wildman–Crippen MR) is 156 cm³/mol. The molecule has 0 aromatic heterocycles. The molecule has 0 aromatic carbocycles. The van der Waals surface area contributed by atoms with Crippen LogP contribution in [-0.2, 0) is 9.53 Å². The van der Waals surface area contributed by atoms with Crippen molar-refractivity contribution in [3.05, 3.63) is 36.1 Å². The van der Waals surface area contributed by atoms with Crippen LogP contribution in [0, 0.1) is 17.8 Å². The summed E-state index contributed by atoms with van der Waals surface area (Å²) in [6.07, 6.45) is 12.4. The van der Waals surface area contributed by atoms with E-state index >= 15 is 0 Å². The van der Waals surface area contributed by atoms with Gasteiger partial charge in [-0.1, -0.05) is 32.4 Å². The van der Waals surface area contributed by atoms with Crippen molar-refractivity contribution < 1.29 is 14.6 Å². The predicted octanol–water partition coefficient (Wildman–Crippen LogP) is 3.97. The van der Waals surface area contributed by atoms with Crippen LogP contribution in [0.25, 0.3) is 0 Å². The van der Waals surface area contributed by atoms with Gasteiger partial charge in [0.05, 0.1) is 13.2 Å². The van der Waals surface area contributed by atoms with E-state index in [1.807, 2.05) is 6.92 Å². The third-order valence-electron chi connectivity index (χ3n) is 8.76. The summed E-state index contributed by atoms with van der Waals surface area (Å²) in [5.41, 5.74) is 1.35. The Morgan fingerprint density at radius 3 is 2.66 bits per heavy atom. The number of aliphatic hydroxyl groups is 1. The maximum absolute atomic E-state index is 13.7. The van der Waals surface area contributed by atoms with E-state index in [0.29, 0.717) is 24.3 Å². The molecule has 2 fully saturated rings. The van der Waals surface area contributed by atoms with Gasteiger partial charge in [0, 0.05) is 38.6 Å². The van der Waals surface area contributed by atoms with Gasteiger partial charge < -0.3 is 19.6 Å². The molecule has 0 bridgehead atoms. The average molecular weight is 531 g/mol. The normalized spacial score (nSPS) is 26.2. The molecule has 2 unspecified atom stereocenters. The van der Waals surface area contributed by atoms with Crippen LogP contribution in [0.5, 0.6) is 0 Å². The summed E-state index contributed by atoms with van der Waals surface area (Å²) in [7, 11) is 4.18. The van der Waals surface area contributed by atoms with Gasteiger partial charge in [0.25, 0.3) is 0 Å². The fraction of sp³-hybridized carbons (Fsp3) is 0.774. The summed E-state index contributed by atoms with van der Waals surface area (Å²) in [5, 5.41) is 10.2. The highest BCUT2D eigenvalue weighted by Gasteiger charge is 2.44. The molecule has 7 nitrogen and oxygen atoms in total. The summed E-state index contributed by atoms with van der Waals surface area (Å²) >= 11 is 0. The number of carbonyl (C=O) groups excluding carboxylic acids is 1. The van der Waals surface area contributed by atoms with E-state index in [1.165, 1.54) is 5.57 Å². The number of hydrogen-bond acceptors (Lipinski definition) is 6. The number of ether oxygens (including phenoxy) is 1. The SMILES string of the molecule is C=C[C@@H]1[C@@H](C2C=C3CCOC3=CC2)CN(CC(=O)N(CCCC)CCCN(C)C)[C@H]1CCN(CC)C(C)O. The largest absolute Gasteiger partial charge is 0.493 e. The van der Waals surface area contributed by atoms with E-state index in [2.05, 4.69) is 72.3 Å². The van der Waals surface area contributed by atoms with Gasteiger partial charge in [-0.3, -0.25) is 14.6 Å². The first kappa shape index (κ1) is 30.9. The van der Waals surface area contributed by atoms with Gasteiger partial charge in [0.15, 0.2) is 0 Å². The van der Waals surface area contributed by atoms with Crippen molar-refractivity contribution >= 4 is 5.91 Å². The second-order valence-electron chi connectivity index (χ2n) is 11.7. The Kier molecular flexibility index (Phi) is 12.4. The molecular weight excluding hydrogens is 476 g/mol. The molecule has 38 heavy (non-hydrogen) atoms. The summed E-state index contributed by atoms with van der Waals surface area (Å²) < 4.78 is 5.80. The van der Waals surface area contributed by atoms with Crippen LogP contribution in [0.2, 0.25) is 0 Å². The van der Waals surface area contributed by atoms with Crippen molar-refractivity contribution in [1.29, 1.82) is 0 Å². The van der Waals surface area contributed by atoms with Crippen molar-refractivity contribution in [2.75, 3.05) is 66.5 Å². The van der Waals surface area contributed by atoms with Gasteiger partial charge >= 0.3 is 0 Å². The summed E-state index contributed by atoms with van der Waals surface area (Å²) in [4.78, 5) is 22.6. The number of allylic oxidation sites excluding steroid dienone is 3. The molecule has 2 heterocycles. The fourth-order valence-electron chi connectivity index (χ4n) is 6.55. The minimum Gasteiger partial charge on any atom is -0.493 e. The number of unbranched alkanes of at least 4 members (excludes halogenated alkanes) is 1. The van der Waals surface area contributed by atoms with Crippen molar-refractivity contribution in [3.8, 4) is 0 Å². The number of rotatable bonds is 16.